The summed E-state index contributed by atoms with van der Waals surface area (Å²) in [5.74, 6) is 0. The molecule has 0 bridgehead atoms. The first-order valence-corrected chi connectivity index (χ1v) is 4.94. The molecular formula is C12H16N2O. The van der Waals surface area contributed by atoms with Gasteiger partial charge in [-0.25, -0.2) is 0 Å². The summed E-state index contributed by atoms with van der Waals surface area (Å²) in [7, 11) is 1.67. The van der Waals surface area contributed by atoms with Crippen LogP contribution in [0.5, 0.6) is 0 Å². The number of ether oxygens (including phenoxy) is 1. The predicted molar refractivity (Wildman–Crippen MR) is 60.9 cm³/mol. The van der Waals surface area contributed by atoms with Crippen molar-refractivity contribution < 1.29 is 4.74 Å². The second-order valence-electron chi connectivity index (χ2n) is 3.61. The van der Waals surface area contributed by atoms with E-state index in [1.807, 2.05) is 32.0 Å². The van der Waals surface area contributed by atoms with E-state index in [0.29, 0.717) is 12.2 Å². The van der Waals surface area contributed by atoms with Crippen molar-refractivity contribution in [3.63, 3.8) is 0 Å². The third-order valence-corrected chi connectivity index (χ3v) is 2.20. The molecular weight excluding hydrogens is 188 g/mol. The number of rotatable bonds is 4. The van der Waals surface area contributed by atoms with Gasteiger partial charge < -0.3 is 10.1 Å². The number of nitriles is 1. The molecule has 0 saturated carbocycles. The van der Waals surface area contributed by atoms with Gasteiger partial charge in [0.2, 0.25) is 0 Å². The minimum absolute atomic E-state index is 0.198. The van der Waals surface area contributed by atoms with Crippen LogP contribution in [-0.2, 0) is 4.74 Å². The van der Waals surface area contributed by atoms with E-state index >= 15 is 0 Å². The third kappa shape index (κ3) is 2.97. The largest absolute Gasteiger partial charge is 0.383 e. The van der Waals surface area contributed by atoms with Crippen LogP contribution >= 0.6 is 0 Å². The number of aryl methyl sites for hydroxylation is 1. The molecule has 80 valence electrons. The molecule has 3 heteroatoms. The molecule has 0 spiro atoms. The molecule has 0 saturated heterocycles. The topological polar surface area (TPSA) is 45.0 Å². The Kier molecular flexibility index (Phi) is 4.14. The highest BCUT2D eigenvalue weighted by atomic mass is 16.5. The zero-order valence-electron chi connectivity index (χ0n) is 9.37. The second-order valence-corrected chi connectivity index (χ2v) is 3.61. The van der Waals surface area contributed by atoms with Crippen molar-refractivity contribution in [1.29, 1.82) is 5.26 Å². The van der Waals surface area contributed by atoms with Crippen LogP contribution in [0.2, 0.25) is 0 Å². The maximum absolute atomic E-state index is 9.02. The lowest BCUT2D eigenvalue weighted by Gasteiger charge is -2.15. The average Bonchev–Trinajstić information content (AvgIpc) is 2.18. The van der Waals surface area contributed by atoms with E-state index < -0.39 is 0 Å². The zero-order chi connectivity index (χ0) is 11.3. The van der Waals surface area contributed by atoms with Crippen molar-refractivity contribution in [2.45, 2.75) is 19.9 Å². The molecule has 0 amide bonds. The summed E-state index contributed by atoms with van der Waals surface area (Å²) < 4.78 is 5.03. The van der Waals surface area contributed by atoms with E-state index in [1.54, 1.807) is 7.11 Å². The van der Waals surface area contributed by atoms with Gasteiger partial charge in [-0.15, -0.1) is 0 Å². The minimum Gasteiger partial charge on any atom is -0.383 e. The van der Waals surface area contributed by atoms with Gasteiger partial charge in [-0.1, -0.05) is 12.1 Å². The summed E-state index contributed by atoms with van der Waals surface area (Å²) in [5.41, 5.74) is 2.58. The standard InChI is InChI=1S/C12H16N2O/c1-9-5-4-6-12(11(9)7-13)14-10(2)8-15-3/h4-6,10,14H,8H2,1-3H3. The lowest BCUT2D eigenvalue weighted by atomic mass is 10.1. The minimum atomic E-state index is 0.198. The fourth-order valence-electron chi connectivity index (χ4n) is 1.49. The van der Waals surface area contributed by atoms with Crippen molar-refractivity contribution >= 4 is 5.69 Å². The Morgan fingerprint density at radius 2 is 2.27 bits per heavy atom. The average molecular weight is 204 g/mol. The van der Waals surface area contributed by atoms with E-state index in [2.05, 4.69) is 11.4 Å². The third-order valence-electron chi connectivity index (χ3n) is 2.20. The number of benzene rings is 1. The van der Waals surface area contributed by atoms with Crippen molar-refractivity contribution in [3.8, 4) is 6.07 Å². The molecule has 1 rings (SSSR count). The molecule has 0 fully saturated rings. The van der Waals surface area contributed by atoms with E-state index in [0.717, 1.165) is 11.3 Å². The van der Waals surface area contributed by atoms with Gasteiger partial charge in [-0.2, -0.15) is 5.26 Å². The Bertz CT molecular complexity index is 368. The summed E-state index contributed by atoms with van der Waals surface area (Å²) >= 11 is 0. The number of hydrogen-bond acceptors (Lipinski definition) is 3. The number of hydrogen-bond donors (Lipinski definition) is 1. The molecule has 0 radical (unpaired) electrons. The summed E-state index contributed by atoms with van der Waals surface area (Å²) in [6, 6.07) is 8.20. The van der Waals surface area contributed by atoms with Gasteiger partial charge in [0.1, 0.15) is 6.07 Å². The smallest absolute Gasteiger partial charge is 0.102 e. The molecule has 1 atom stereocenters. The van der Waals surface area contributed by atoms with E-state index in [-0.39, 0.29) is 6.04 Å². The monoisotopic (exact) mass is 204 g/mol. The molecule has 1 N–H and O–H groups in total. The molecule has 1 aromatic rings. The normalized spacial score (nSPS) is 11.9. The molecule has 0 aromatic heterocycles. The summed E-state index contributed by atoms with van der Waals surface area (Å²) in [4.78, 5) is 0. The van der Waals surface area contributed by atoms with Crippen LogP contribution < -0.4 is 5.32 Å². The van der Waals surface area contributed by atoms with Crippen LogP contribution in [0.25, 0.3) is 0 Å². The van der Waals surface area contributed by atoms with E-state index in [9.17, 15) is 0 Å². The highest BCUT2D eigenvalue weighted by Gasteiger charge is 2.07. The lowest BCUT2D eigenvalue weighted by Crippen LogP contribution is -2.21. The fourth-order valence-corrected chi connectivity index (χ4v) is 1.49. The van der Waals surface area contributed by atoms with Crippen LogP contribution in [0, 0.1) is 18.3 Å². The van der Waals surface area contributed by atoms with Gasteiger partial charge in [0.25, 0.3) is 0 Å². The van der Waals surface area contributed by atoms with Crippen LogP contribution in [0.3, 0.4) is 0 Å². The Hall–Kier alpha value is -1.53. The van der Waals surface area contributed by atoms with Crippen molar-refractivity contribution in [2.75, 3.05) is 19.0 Å². The molecule has 0 heterocycles. The van der Waals surface area contributed by atoms with Crippen molar-refractivity contribution in [2.24, 2.45) is 0 Å². The summed E-state index contributed by atoms with van der Waals surface area (Å²) in [6.07, 6.45) is 0. The fraction of sp³-hybridized carbons (Fsp3) is 0.417. The van der Waals surface area contributed by atoms with Gasteiger partial charge in [-0.3, -0.25) is 0 Å². The molecule has 1 unspecified atom stereocenters. The quantitative estimate of drug-likeness (QED) is 0.818. The lowest BCUT2D eigenvalue weighted by molar-refractivity contribution is 0.190. The maximum atomic E-state index is 9.02. The highest BCUT2D eigenvalue weighted by molar-refractivity contribution is 5.60. The number of anilines is 1. The predicted octanol–water partition coefficient (Wildman–Crippen LogP) is 2.31. The first-order valence-electron chi connectivity index (χ1n) is 4.94. The Labute approximate surface area is 90.7 Å². The molecule has 0 aliphatic heterocycles. The van der Waals surface area contributed by atoms with Crippen LogP contribution in [0.1, 0.15) is 18.1 Å². The van der Waals surface area contributed by atoms with Crippen LogP contribution in [-0.4, -0.2) is 19.8 Å². The van der Waals surface area contributed by atoms with Crippen molar-refractivity contribution in [3.05, 3.63) is 29.3 Å². The van der Waals surface area contributed by atoms with Gasteiger partial charge in [0, 0.05) is 13.2 Å². The summed E-state index contributed by atoms with van der Waals surface area (Å²) in [6.45, 7) is 4.58. The first kappa shape index (κ1) is 11.5. The molecule has 0 aliphatic carbocycles. The number of nitrogens with one attached hydrogen (secondary N) is 1. The zero-order valence-corrected chi connectivity index (χ0v) is 9.37. The first-order chi connectivity index (χ1) is 7.19. The number of methoxy groups -OCH3 is 1. The van der Waals surface area contributed by atoms with Gasteiger partial charge >= 0.3 is 0 Å². The van der Waals surface area contributed by atoms with E-state index in [4.69, 9.17) is 10.00 Å². The Balaban J connectivity index is 2.86. The van der Waals surface area contributed by atoms with Gasteiger partial charge in [0.05, 0.1) is 17.9 Å². The Morgan fingerprint density at radius 1 is 1.53 bits per heavy atom. The van der Waals surface area contributed by atoms with Crippen molar-refractivity contribution in [1.82, 2.24) is 0 Å². The molecule has 0 aliphatic rings. The number of nitrogens with zero attached hydrogens (tertiary/aromatic N) is 1. The van der Waals surface area contributed by atoms with Crippen LogP contribution in [0.15, 0.2) is 18.2 Å². The van der Waals surface area contributed by atoms with Gasteiger partial charge in [0.15, 0.2) is 0 Å². The second kappa shape index (κ2) is 5.38. The van der Waals surface area contributed by atoms with E-state index in [1.165, 1.54) is 0 Å². The van der Waals surface area contributed by atoms with Gasteiger partial charge in [-0.05, 0) is 25.5 Å². The highest BCUT2D eigenvalue weighted by Crippen LogP contribution is 2.18. The molecule has 15 heavy (non-hydrogen) atoms. The maximum Gasteiger partial charge on any atom is 0.102 e. The molecule has 1 aromatic carbocycles. The molecule has 3 nitrogen and oxygen atoms in total. The summed E-state index contributed by atoms with van der Waals surface area (Å²) in [5, 5.41) is 12.3. The SMILES string of the molecule is COCC(C)Nc1cccc(C)c1C#N. The Morgan fingerprint density at radius 3 is 2.87 bits per heavy atom. The van der Waals surface area contributed by atoms with Crippen LogP contribution in [0.4, 0.5) is 5.69 Å².